The second-order valence-corrected chi connectivity index (χ2v) is 8.63. The summed E-state index contributed by atoms with van der Waals surface area (Å²) in [6, 6.07) is 9.47. The van der Waals surface area contributed by atoms with Crippen molar-refractivity contribution in [3.63, 3.8) is 0 Å². The zero-order valence-electron chi connectivity index (χ0n) is 17.1. The van der Waals surface area contributed by atoms with Gasteiger partial charge in [-0.15, -0.1) is 0 Å². The summed E-state index contributed by atoms with van der Waals surface area (Å²) < 4.78 is 5.33. The first-order valence-electron chi connectivity index (χ1n) is 9.83. The van der Waals surface area contributed by atoms with Crippen LogP contribution in [-0.2, 0) is 4.74 Å². The van der Waals surface area contributed by atoms with Gasteiger partial charge in [-0.1, -0.05) is 31.0 Å². The molecule has 1 aliphatic carbocycles. The molecule has 1 aliphatic rings. The van der Waals surface area contributed by atoms with Crippen LogP contribution >= 0.6 is 0 Å². The molecular weight excluding hydrogens is 354 g/mol. The van der Waals surface area contributed by atoms with Crippen LogP contribution in [0.4, 0.5) is 4.79 Å². The van der Waals surface area contributed by atoms with Crippen molar-refractivity contribution in [2.45, 2.75) is 64.5 Å². The molecule has 2 N–H and O–H groups in total. The lowest BCUT2D eigenvalue weighted by Crippen LogP contribution is -2.54. The quantitative estimate of drug-likeness (QED) is 0.833. The number of hydrogen-bond donors (Lipinski definition) is 2. The third kappa shape index (κ3) is 4.80. The molecule has 0 atom stereocenters. The molecule has 28 heavy (non-hydrogen) atoms. The molecule has 6 heteroatoms. The van der Waals surface area contributed by atoms with E-state index in [1.54, 1.807) is 0 Å². The van der Waals surface area contributed by atoms with Crippen LogP contribution in [0, 0.1) is 6.92 Å². The summed E-state index contributed by atoms with van der Waals surface area (Å²) in [4.78, 5) is 29.7. The van der Waals surface area contributed by atoms with Crippen LogP contribution in [0.1, 0.15) is 62.5 Å². The fraction of sp³-hybridized carbons (Fsp3) is 0.500. The number of para-hydroxylation sites is 1. The van der Waals surface area contributed by atoms with Crippen molar-refractivity contribution < 1.29 is 14.3 Å². The monoisotopic (exact) mass is 383 g/mol. The van der Waals surface area contributed by atoms with Gasteiger partial charge >= 0.3 is 6.09 Å². The number of aryl methyl sites for hydroxylation is 1. The summed E-state index contributed by atoms with van der Waals surface area (Å²) in [5.74, 6) is -0.130. The molecule has 6 nitrogen and oxygen atoms in total. The molecule has 0 spiro atoms. The topological polar surface area (TPSA) is 80.3 Å². The number of carbonyl (C=O) groups excluding carboxylic acids is 2. The molecule has 0 aliphatic heterocycles. The van der Waals surface area contributed by atoms with Crippen molar-refractivity contribution in [2.24, 2.45) is 0 Å². The van der Waals surface area contributed by atoms with Gasteiger partial charge in [-0.25, -0.2) is 4.79 Å². The van der Waals surface area contributed by atoms with E-state index in [9.17, 15) is 9.59 Å². The van der Waals surface area contributed by atoms with Crippen molar-refractivity contribution in [1.29, 1.82) is 0 Å². The maximum Gasteiger partial charge on any atom is 0.407 e. The maximum atomic E-state index is 13.2. The fourth-order valence-electron chi connectivity index (χ4n) is 3.76. The number of rotatable bonds is 4. The first-order valence-corrected chi connectivity index (χ1v) is 9.83. The Morgan fingerprint density at radius 2 is 1.86 bits per heavy atom. The predicted molar refractivity (Wildman–Crippen MR) is 109 cm³/mol. The van der Waals surface area contributed by atoms with E-state index in [0.717, 1.165) is 42.3 Å². The van der Waals surface area contributed by atoms with Crippen molar-refractivity contribution in [1.82, 2.24) is 15.6 Å². The van der Waals surface area contributed by atoms with E-state index >= 15 is 0 Å². The van der Waals surface area contributed by atoms with E-state index in [1.165, 1.54) is 0 Å². The number of pyridine rings is 1. The first kappa shape index (κ1) is 20.1. The number of hydrogen-bond acceptors (Lipinski definition) is 4. The van der Waals surface area contributed by atoms with Crippen molar-refractivity contribution >= 4 is 22.9 Å². The lowest BCUT2D eigenvalue weighted by Gasteiger charge is -2.31. The van der Waals surface area contributed by atoms with Crippen LogP contribution in [0.15, 0.2) is 30.3 Å². The van der Waals surface area contributed by atoms with Crippen molar-refractivity contribution in [3.8, 4) is 0 Å². The molecule has 0 radical (unpaired) electrons. The minimum Gasteiger partial charge on any atom is -0.444 e. The fourth-order valence-corrected chi connectivity index (χ4v) is 3.76. The highest BCUT2D eigenvalue weighted by Crippen LogP contribution is 2.30. The molecule has 1 heterocycles. The normalized spacial score (nSPS) is 16.0. The average Bonchev–Trinajstić information content (AvgIpc) is 3.06. The molecule has 3 rings (SSSR count). The van der Waals surface area contributed by atoms with Gasteiger partial charge in [-0.2, -0.15) is 0 Å². The summed E-state index contributed by atoms with van der Waals surface area (Å²) in [5.41, 5.74) is 1.22. The lowest BCUT2D eigenvalue weighted by molar-refractivity contribution is 0.0505. The smallest absolute Gasteiger partial charge is 0.407 e. The Morgan fingerprint density at radius 3 is 2.54 bits per heavy atom. The molecule has 2 amide bonds. The van der Waals surface area contributed by atoms with Crippen LogP contribution in [0.2, 0.25) is 0 Å². The maximum absolute atomic E-state index is 13.2. The van der Waals surface area contributed by atoms with Gasteiger partial charge in [0.25, 0.3) is 5.91 Å². The molecule has 1 saturated carbocycles. The summed E-state index contributed by atoms with van der Waals surface area (Å²) in [7, 11) is 0. The van der Waals surface area contributed by atoms with Crippen LogP contribution in [0.5, 0.6) is 0 Å². The van der Waals surface area contributed by atoms with Gasteiger partial charge in [0.1, 0.15) is 5.60 Å². The Kier molecular flexibility index (Phi) is 5.59. The number of fused-ring (bicyclic) bond motifs is 1. The molecule has 0 saturated heterocycles. The van der Waals surface area contributed by atoms with Gasteiger partial charge in [-0.05, 0) is 52.7 Å². The molecule has 1 fully saturated rings. The summed E-state index contributed by atoms with van der Waals surface area (Å²) >= 11 is 0. The van der Waals surface area contributed by atoms with Gasteiger partial charge in [0.2, 0.25) is 0 Å². The number of benzene rings is 1. The summed E-state index contributed by atoms with van der Waals surface area (Å²) in [6.07, 6.45) is 3.24. The molecule has 0 unspecified atom stereocenters. The zero-order chi connectivity index (χ0) is 20.4. The third-order valence-corrected chi connectivity index (χ3v) is 5.00. The summed E-state index contributed by atoms with van der Waals surface area (Å²) in [5, 5.41) is 6.88. The van der Waals surface area contributed by atoms with Crippen LogP contribution < -0.4 is 10.6 Å². The van der Waals surface area contributed by atoms with Gasteiger partial charge < -0.3 is 15.4 Å². The predicted octanol–water partition coefficient (Wildman–Crippen LogP) is 4.11. The van der Waals surface area contributed by atoms with E-state index in [0.29, 0.717) is 12.1 Å². The van der Waals surface area contributed by atoms with Gasteiger partial charge in [0.05, 0.1) is 16.6 Å². The Morgan fingerprint density at radius 1 is 1.18 bits per heavy atom. The number of amides is 2. The first-order chi connectivity index (χ1) is 13.2. The minimum absolute atomic E-state index is 0.130. The number of alkyl carbamates (subject to hydrolysis) is 1. The lowest BCUT2D eigenvalue weighted by atomic mass is 9.96. The second-order valence-electron chi connectivity index (χ2n) is 8.63. The standard InChI is InChI=1S/C22H29N3O3/c1-15-13-17(16-9-5-6-10-18(16)24-15)19(26)25-22(11-7-8-12-22)14-23-20(27)28-21(2,3)4/h5-6,9-10,13H,7-8,11-12,14H2,1-4H3,(H,23,27)(H,25,26). The molecule has 1 aromatic heterocycles. The Hall–Kier alpha value is -2.63. The average molecular weight is 383 g/mol. The second kappa shape index (κ2) is 7.78. The Bertz CT molecular complexity index is 880. The van der Waals surface area contributed by atoms with E-state index in [4.69, 9.17) is 4.74 Å². The number of nitrogens with zero attached hydrogens (tertiary/aromatic N) is 1. The SMILES string of the molecule is Cc1cc(C(=O)NC2(CNC(=O)OC(C)(C)C)CCCC2)c2ccccc2n1. The van der Waals surface area contributed by atoms with Gasteiger partial charge in [0.15, 0.2) is 0 Å². The molecular formula is C22H29N3O3. The van der Waals surface area contributed by atoms with Gasteiger partial charge in [-0.3, -0.25) is 9.78 Å². The number of ether oxygens (including phenoxy) is 1. The van der Waals surface area contributed by atoms with Crippen molar-refractivity contribution in [2.75, 3.05) is 6.54 Å². The largest absolute Gasteiger partial charge is 0.444 e. The van der Waals surface area contributed by atoms with E-state index in [-0.39, 0.29) is 5.91 Å². The molecule has 150 valence electrons. The molecule has 0 bridgehead atoms. The highest BCUT2D eigenvalue weighted by atomic mass is 16.6. The third-order valence-electron chi connectivity index (χ3n) is 5.00. The van der Waals surface area contributed by atoms with E-state index in [1.807, 2.05) is 58.0 Å². The number of carbonyl (C=O) groups is 2. The highest BCUT2D eigenvalue weighted by Gasteiger charge is 2.36. The van der Waals surface area contributed by atoms with Crippen LogP contribution in [0.3, 0.4) is 0 Å². The Balaban J connectivity index is 1.78. The van der Waals surface area contributed by atoms with Crippen molar-refractivity contribution in [3.05, 3.63) is 41.6 Å². The Labute approximate surface area is 166 Å². The summed E-state index contributed by atoms with van der Waals surface area (Å²) in [6.45, 7) is 7.73. The van der Waals surface area contributed by atoms with E-state index in [2.05, 4.69) is 15.6 Å². The van der Waals surface area contributed by atoms with Crippen LogP contribution in [0.25, 0.3) is 10.9 Å². The number of nitrogens with one attached hydrogen (secondary N) is 2. The zero-order valence-corrected chi connectivity index (χ0v) is 17.1. The molecule has 2 aromatic rings. The number of aromatic nitrogens is 1. The van der Waals surface area contributed by atoms with Crippen LogP contribution in [-0.4, -0.2) is 34.7 Å². The minimum atomic E-state index is -0.552. The van der Waals surface area contributed by atoms with E-state index < -0.39 is 17.2 Å². The molecule has 1 aromatic carbocycles. The highest BCUT2D eigenvalue weighted by molar-refractivity contribution is 6.06. The van der Waals surface area contributed by atoms with Gasteiger partial charge in [0, 0.05) is 17.6 Å².